The Morgan fingerprint density at radius 2 is 1.91 bits per heavy atom. The number of benzene rings is 2. The van der Waals surface area contributed by atoms with Gasteiger partial charge in [-0.05, 0) is 36.4 Å². The molecule has 1 heterocycles. The van der Waals surface area contributed by atoms with E-state index in [0.717, 1.165) is 16.7 Å². The Morgan fingerprint density at radius 3 is 2.65 bits per heavy atom. The molecule has 2 N–H and O–H groups in total. The number of carbonyl (C=O) groups is 1. The Labute approximate surface area is 138 Å². The molecule has 0 saturated carbocycles. The maximum absolute atomic E-state index is 12.4. The van der Waals surface area contributed by atoms with Crippen molar-refractivity contribution in [2.45, 2.75) is 0 Å². The molecule has 0 radical (unpaired) electrons. The number of aromatic amines is 1. The minimum Gasteiger partial charge on any atom is -0.497 e. The standard InChI is InChI=1S/C17H15ClN2O3/c1-22-12-5-3-10-7-15(19-13(10)9-12)17(21)20-14-8-11(18)4-6-16(14)23-2/h3-9,19H,1-2H3,(H,20,21). The first kappa shape index (κ1) is 15.2. The number of rotatable bonds is 4. The highest BCUT2D eigenvalue weighted by Gasteiger charge is 2.13. The molecule has 2 aromatic carbocycles. The zero-order valence-electron chi connectivity index (χ0n) is 12.6. The second kappa shape index (κ2) is 6.22. The number of methoxy groups -OCH3 is 2. The van der Waals surface area contributed by atoms with E-state index >= 15 is 0 Å². The summed E-state index contributed by atoms with van der Waals surface area (Å²) in [6.07, 6.45) is 0. The highest BCUT2D eigenvalue weighted by Crippen LogP contribution is 2.28. The number of fused-ring (bicyclic) bond motifs is 1. The molecule has 0 saturated heterocycles. The van der Waals surface area contributed by atoms with E-state index in [1.54, 1.807) is 31.4 Å². The second-order valence-corrected chi connectivity index (χ2v) is 5.37. The zero-order chi connectivity index (χ0) is 16.4. The number of aromatic nitrogens is 1. The first-order valence-corrected chi connectivity index (χ1v) is 7.30. The highest BCUT2D eigenvalue weighted by atomic mass is 35.5. The van der Waals surface area contributed by atoms with Crippen LogP contribution in [0.3, 0.4) is 0 Å². The van der Waals surface area contributed by atoms with Crippen LogP contribution in [0.4, 0.5) is 5.69 Å². The highest BCUT2D eigenvalue weighted by molar-refractivity contribution is 6.31. The van der Waals surface area contributed by atoms with Gasteiger partial charge >= 0.3 is 0 Å². The van der Waals surface area contributed by atoms with Crippen LogP contribution in [0.5, 0.6) is 11.5 Å². The van der Waals surface area contributed by atoms with E-state index in [-0.39, 0.29) is 5.91 Å². The molecular weight excluding hydrogens is 316 g/mol. The van der Waals surface area contributed by atoms with Gasteiger partial charge in [0, 0.05) is 22.0 Å². The normalized spacial score (nSPS) is 10.6. The van der Waals surface area contributed by atoms with Crippen molar-refractivity contribution in [3.8, 4) is 11.5 Å². The molecule has 0 spiro atoms. The quantitative estimate of drug-likeness (QED) is 0.757. The molecule has 6 heteroatoms. The van der Waals surface area contributed by atoms with Crippen molar-refractivity contribution in [2.24, 2.45) is 0 Å². The maximum atomic E-state index is 12.4. The van der Waals surface area contributed by atoms with Gasteiger partial charge in [0.15, 0.2) is 0 Å². The van der Waals surface area contributed by atoms with Gasteiger partial charge in [0.05, 0.1) is 19.9 Å². The largest absolute Gasteiger partial charge is 0.497 e. The molecule has 0 unspecified atom stereocenters. The lowest BCUT2D eigenvalue weighted by Crippen LogP contribution is -2.13. The molecule has 0 atom stereocenters. The SMILES string of the molecule is COc1ccc2cc(C(=O)Nc3cc(Cl)ccc3OC)[nH]c2c1. The van der Waals surface area contributed by atoms with Crippen molar-refractivity contribution in [1.29, 1.82) is 0 Å². The molecule has 0 bridgehead atoms. The minimum absolute atomic E-state index is 0.277. The van der Waals surface area contributed by atoms with E-state index in [2.05, 4.69) is 10.3 Å². The van der Waals surface area contributed by atoms with Gasteiger partial charge in [0.25, 0.3) is 5.91 Å². The maximum Gasteiger partial charge on any atom is 0.272 e. The third-order valence-corrected chi connectivity index (χ3v) is 3.72. The third-order valence-electron chi connectivity index (χ3n) is 3.48. The number of ether oxygens (including phenoxy) is 2. The van der Waals surface area contributed by atoms with Crippen LogP contribution in [0, 0.1) is 0 Å². The summed E-state index contributed by atoms with van der Waals surface area (Å²) >= 11 is 5.97. The second-order valence-electron chi connectivity index (χ2n) is 4.93. The Hall–Kier alpha value is -2.66. The molecule has 118 valence electrons. The number of anilines is 1. The van der Waals surface area contributed by atoms with Crippen LogP contribution in [-0.2, 0) is 0 Å². The smallest absolute Gasteiger partial charge is 0.272 e. The number of H-pyrrole nitrogens is 1. The third kappa shape index (κ3) is 3.10. The summed E-state index contributed by atoms with van der Waals surface area (Å²) in [5.74, 6) is 0.990. The summed E-state index contributed by atoms with van der Waals surface area (Å²) in [6, 6.07) is 12.4. The summed E-state index contributed by atoms with van der Waals surface area (Å²) in [4.78, 5) is 15.5. The Balaban J connectivity index is 1.90. The number of nitrogens with one attached hydrogen (secondary N) is 2. The van der Waals surface area contributed by atoms with Crippen LogP contribution < -0.4 is 14.8 Å². The molecule has 3 aromatic rings. The van der Waals surface area contributed by atoms with E-state index in [1.807, 2.05) is 18.2 Å². The lowest BCUT2D eigenvalue weighted by atomic mass is 10.2. The summed E-state index contributed by atoms with van der Waals surface area (Å²) in [5.41, 5.74) is 1.78. The van der Waals surface area contributed by atoms with Crippen molar-refractivity contribution in [2.75, 3.05) is 19.5 Å². The summed E-state index contributed by atoms with van der Waals surface area (Å²) in [6.45, 7) is 0. The van der Waals surface area contributed by atoms with Gasteiger partial charge in [0.1, 0.15) is 17.2 Å². The fourth-order valence-electron chi connectivity index (χ4n) is 2.32. The lowest BCUT2D eigenvalue weighted by Gasteiger charge is -2.09. The lowest BCUT2D eigenvalue weighted by molar-refractivity contribution is 0.102. The molecule has 1 aromatic heterocycles. The minimum atomic E-state index is -0.277. The molecule has 23 heavy (non-hydrogen) atoms. The van der Waals surface area contributed by atoms with E-state index in [4.69, 9.17) is 21.1 Å². The zero-order valence-corrected chi connectivity index (χ0v) is 13.4. The molecule has 1 amide bonds. The van der Waals surface area contributed by atoms with Gasteiger partial charge in [-0.15, -0.1) is 0 Å². The summed E-state index contributed by atoms with van der Waals surface area (Å²) in [7, 11) is 3.14. The van der Waals surface area contributed by atoms with Crippen LogP contribution >= 0.6 is 11.6 Å². The van der Waals surface area contributed by atoms with Crippen LogP contribution in [0.1, 0.15) is 10.5 Å². The van der Waals surface area contributed by atoms with Crippen LogP contribution in [0.15, 0.2) is 42.5 Å². The van der Waals surface area contributed by atoms with Gasteiger partial charge in [-0.2, -0.15) is 0 Å². The molecule has 0 aliphatic heterocycles. The monoisotopic (exact) mass is 330 g/mol. The van der Waals surface area contributed by atoms with E-state index in [9.17, 15) is 4.79 Å². The van der Waals surface area contributed by atoms with E-state index < -0.39 is 0 Å². The summed E-state index contributed by atoms with van der Waals surface area (Å²) < 4.78 is 10.4. The van der Waals surface area contributed by atoms with Gasteiger partial charge in [-0.25, -0.2) is 0 Å². The van der Waals surface area contributed by atoms with Crippen LogP contribution in [0.2, 0.25) is 5.02 Å². The predicted octanol–water partition coefficient (Wildman–Crippen LogP) is 4.09. The molecule has 0 aliphatic rings. The van der Waals surface area contributed by atoms with Crippen LogP contribution in [-0.4, -0.2) is 25.1 Å². The van der Waals surface area contributed by atoms with Crippen molar-refractivity contribution in [3.05, 3.63) is 53.2 Å². The number of hydrogen-bond acceptors (Lipinski definition) is 3. The fraction of sp³-hybridized carbons (Fsp3) is 0.118. The van der Waals surface area contributed by atoms with Crippen LogP contribution in [0.25, 0.3) is 10.9 Å². The average molecular weight is 331 g/mol. The molecular formula is C17H15ClN2O3. The Morgan fingerprint density at radius 1 is 1.09 bits per heavy atom. The first-order chi connectivity index (χ1) is 11.1. The number of amides is 1. The molecule has 0 fully saturated rings. The Kier molecular flexibility index (Phi) is 4.12. The predicted molar refractivity (Wildman–Crippen MR) is 90.8 cm³/mol. The van der Waals surface area contributed by atoms with Gasteiger partial charge in [0.2, 0.25) is 0 Å². The summed E-state index contributed by atoms with van der Waals surface area (Å²) in [5, 5.41) is 4.24. The van der Waals surface area contributed by atoms with Crippen molar-refractivity contribution in [3.63, 3.8) is 0 Å². The molecule has 5 nitrogen and oxygen atoms in total. The Bertz CT molecular complexity index is 873. The van der Waals surface area contributed by atoms with Gasteiger partial charge in [-0.1, -0.05) is 11.6 Å². The average Bonchev–Trinajstić information content (AvgIpc) is 2.98. The number of carbonyl (C=O) groups excluding carboxylic acids is 1. The topological polar surface area (TPSA) is 63.4 Å². The van der Waals surface area contributed by atoms with E-state index in [0.29, 0.717) is 22.2 Å². The molecule has 0 aliphatic carbocycles. The number of halogens is 1. The van der Waals surface area contributed by atoms with Gasteiger partial charge < -0.3 is 19.8 Å². The van der Waals surface area contributed by atoms with E-state index in [1.165, 1.54) is 7.11 Å². The molecule has 3 rings (SSSR count). The van der Waals surface area contributed by atoms with Crippen molar-refractivity contribution in [1.82, 2.24) is 4.98 Å². The fourth-order valence-corrected chi connectivity index (χ4v) is 2.50. The van der Waals surface area contributed by atoms with Gasteiger partial charge in [-0.3, -0.25) is 4.79 Å². The van der Waals surface area contributed by atoms with Crippen molar-refractivity contribution >= 4 is 34.1 Å². The number of hydrogen-bond donors (Lipinski definition) is 2. The first-order valence-electron chi connectivity index (χ1n) is 6.92. The van der Waals surface area contributed by atoms with Crippen molar-refractivity contribution < 1.29 is 14.3 Å².